The van der Waals surface area contributed by atoms with Crippen LogP contribution in [0.5, 0.6) is 0 Å². The lowest BCUT2D eigenvalue weighted by atomic mass is 10.2. The van der Waals surface area contributed by atoms with Crippen molar-refractivity contribution in [1.29, 1.82) is 0 Å². The van der Waals surface area contributed by atoms with Crippen LogP contribution in [0.2, 0.25) is 0 Å². The molecule has 1 aromatic heterocycles. The average molecular weight is 295 g/mol. The number of thiazole rings is 1. The zero-order valence-corrected chi connectivity index (χ0v) is 12.2. The Balaban J connectivity index is 2.18. The fourth-order valence-electron chi connectivity index (χ4n) is 1.74. The molecule has 1 heterocycles. The number of benzene rings is 1. The first-order chi connectivity index (χ1) is 8.97. The molecule has 1 atom stereocenters. The van der Waals surface area contributed by atoms with E-state index in [0.29, 0.717) is 5.69 Å². The summed E-state index contributed by atoms with van der Waals surface area (Å²) in [5.74, 6) is -0.804. The molecule has 0 aliphatic heterocycles. The zero-order valence-electron chi connectivity index (χ0n) is 10.5. The number of nitrogens with zero attached hydrogens (tertiary/aromatic N) is 1. The van der Waals surface area contributed by atoms with Gasteiger partial charge in [0, 0.05) is 10.3 Å². The first-order valence-corrected chi connectivity index (χ1v) is 7.80. The van der Waals surface area contributed by atoms with Gasteiger partial charge in [-0.1, -0.05) is 17.7 Å². The van der Waals surface area contributed by atoms with Gasteiger partial charge in [-0.2, -0.15) is 0 Å². The molecule has 4 nitrogen and oxygen atoms in total. The standard InChI is InChI=1S/C13H13NO3S2/c1-8-3-4-11(9(2)5-8)19(17)7-10-6-18-12(14-10)13(15)16/h3-6H,7H2,1-2H3,(H,15,16). The smallest absolute Gasteiger partial charge is 0.365 e. The molecule has 2 rings (SSSR count). The Labute approximate surface area is 117 Å². The molecule has 1 unspecified atom stereocenters. The topological polar surface area (TPSA) is 67.3 Å². The Hall–Kier alpha value is -1.53. The van der Waals surface area contributed by atoms with Gasteiger partial charge in [0.1, 0.15) is 0 Å². The lowest BCUT2D eigenvalue weighted by Crippen LogP contribution is -2.01. The van der Waals surface area contributed by atoms with Crippen LogP contribution in [-0.2, 0) is 16.6 Å². The fourth-order valence-corrected chi connectivity index (χ4v) is 3.71. The molecular weight excluding hydrogens is 282 g/mol. The minimum Gasteiger partial charge on any atom is -0.476 e. The van der Waals surface area contributed by atoms with E-state index in [1.807, 2.05) is 32.0 Å². The van der Waals surface area contributed by atoms with Crippen LogP contribution >= 0.6 is 11.3 Å². The van der Waals surface area contributed by atoms with Crippen molar-refractivity contribution >= 4 is 28.1 Å². The number of carboxylic acids is 1. The first kappa shape index (κ1) is 13.9. The predicted octanol–water partition coefficient (Wildman–Crippen LogP) is 2.77. The number of rotatable bonds is 4. The lowest BCUT2D eigenvalue weighted by molar-refractivity contribution is 0.0696. The second-order valence-corrected chi connectivity index (χ2v) is 6.49. The molecule has 2 aromatic rings. The molecule has 100 valence electrons. The summed E-state index contributed by atoms with van der Waals surface area (Å²) in [7, 11) is -1.20. The van der Waals surface area contributed by atoms with Crippen LogP contribution in [0.4, 0.5) is 0 Å². The van der Waals surface area contributed by atoms with Gasteiger partial charge in [-0.3, -0.25) is 4.21 Å². The molecule has 6 heteroatoms. The summed E-state index contributed by atoms with van der Waals surface area (Å²) < 4.78 is 12.3. The van der Waals surface area contributed by atoms with Crippen molar-refractivity contribution in [3.8, 4) is 0 Å². The van der Waals surface area contributed by atoms with E-state index in [9.17, 15) is 9.00 Å². The zero-order chi connectivity index (χ0) is 14.0. The normalized spacial score (nSPS) is 12.3. The Bertz CT molecular complexity index is 649. The van der Waals surface area contributed by atoms with E-state index in [1.165, 1.54) is 0 Å². The molecule has 0 saturated carbocycles. The van der Waals surface area contributed by atoms with E-state index in [0.717, 1.165) is 27.4 Å². The summed E-state index contributed by atoms with van der Waals surface area (Å²) in [5, 5.41) is 10.5. The Morgan fingerprint density at radius 1 is 1.42 bits per heavy atom. The number of carboxylic acid groups (broad SMARTS) is 1. The first-order valence-electron chi connectivity index (χ1n) is 5.60. The van der Waals surface area contributed by atoms with Gasteiger partial charge in [-0.05, 0) is 25.5 Å². The van der Waals surface area contributed by atoms with Gasteiger partial charge in [0.2, 0.25) is 5.01 Å². The number of carbonyl (C=O) groups is 1. The number of aryl methyl sites for hydroxylation is 2. The van der Waals surface area contributed by atoms with Crippen LogP contribution in [0, 0.1) is 13.8 Å². The highest BCUT2D eigenvalue weighted by Crippen LogP contribution is 2.19. The van der Waals surface area contributed by atoms with Gasteiger partial charge in [0.25, 0.3) is 0 Å². The second kappa shape index (κ2) is 5.63. The summed E-state index contributed by atoms with van der Waals surface area (Å²) in [5.41, 5.74) is 2.66. The van der Waals surface area contributed by atoms with Crippen molar-refractivity contribution in [2.75, 3.05) is 0 Å². The van der Waals surface area contributed by atoms with Crippen LogP contribution < -0.4 is 0 Å². The highest BCUT2D eigenvalue weighted by Gasteiger charge is 2.13. The molecule has 0 aliphatic rings. The summed E-state index contributed by atoms with van der Waals surface area (Å²) in [4.78, 5) is 15.5. The third kappa shape index (κ3) is 3.27. The van der Waals surface area contributed by atoms with Gasteiger partial charge in [0.05, 0.1) is 22.2 Å². The minimum absolute atomic E-state index is 0.0348. The quantitative estimate of drug-likeness (QED) is 0.941. The molecule has 0 aliphatic carbocycles. The number of aromatic nitrogens is 1. The molecule has 0 saturated heterocycles. The summed E-state index contributed by atoms with van der Waals surface area (Å²) in [6, 6.07) is 5.76. The summed E-state index contributed by atoms with van der Waals surface area (Å²) >= 11 is 1.06. The third-order valence-corrected chi connectivity index (χ3v) is 4.98. The molecule has 0 spiro atoms. The third-order valence-electron chi connectivity index (χ3n) is 2.59. The SMILES string of the molecule is Cc1ccc(S(=O)Cc2csc(C(=O)O)n2)c(C)c1. The number of hydrogen-bond acceptors (Lipinski definition) is 4. The Kier molecular flexibility index (Phi) is 4.11. The van der Waals surface area contributed by atoms with Crippen molar-refractivity contribution in [3.63, 3.8) is 0 Å². The maximum absolute atomic E-state index is 12.3. The van der Waals surface area contributed by atoms with E-state index in [1.54, 1.807) is 5.38 Å². The van der Waals surface area contributed by atoms with Crippen LogP contribution in [0.25, 0.3) is 0 Å². The number of hydrogen-bond donors (Lipinski definition) is 1. The molecule has 0 bridgehead atoms. The van der Waals surface area contributed by atoms with Crippen molar-refractivity contribution in [2.24, 2.45) is 0 Å². The van der Waals surface area contributed by atoms with E-state index in [-0.39, 0.29) is 10.8 Å². The molecule has 0 amide bonds. The van der Waals surface area contributed by atoms with Gasteiger partial charge < -0.3 is 5.11 Å². The van der Waals surface area contributed by atoms with E-state index >= 15 is 0 Å². The summed E-state index contributed by atoms with van der Waals surface area (Å²) in [6.07, 6.45) is 0. The van der Waals surface area contributed by atoms with Crippen molar-refractivity contribution < 1.29 is 14.1 Å². The lowest BCUT2D eigenvalue weighted by Gasteiger charge is -2.05. The van der Waals surface area contributed by atoms with Gasteiger partial charge in [-0.15, -0.1) is 11.3 Å². The molecule has 19 heavy (non-hydrogen) atoms. The molecule has 0 fully saturated rings. The maximum atomic E-state index is 12.3. The van der Waals surface area contributed by atoms with Crippen molar-refractivity contribution in [1.82, 2.24) is 4.98 Å². The van der Waals surface area contributed by atoms with E-state index in [2.05, 4.69) is 4.98 Å². The van der Waals surface area contributed by atoms with Crippen LogP contribution in [0.1, 0.15) is 26.6 Å². The van der Waals surface area contributed by atoms with E-state index < -0.39 is 16.8 Å². The van der Waals surface area contributed by atoms with Gasteiger partial charge in [-0.25, -0.2) is 9.78 Å². The monoisotopic (exact) mass is 295 g/mol. The van der Waals surface area contributed by atoms with Crippen molar-refractivity contribution in [2.45, 2.75) is 24.5 Å². The van der Waals surface area contributed by atoms with Crippen LogP contribution in [0.3, 0.4) is 0 Å². The minimum atomic E-state index is -1.20. The fraction of sp³-hybridized carbons (Fsp3) is 0.231. The Morgan fingerprint density at radius 2 is 2.16 bits per heavy atom. The van der Waals surface area contributed by atoms with Gasteiger partial charge >= 0.3 is 5.97 Å². The molecular formula is C13H13NO3S2. The highest BCUT2D eigenvalue weighted by molar-refractivity contribution is 7.84. The molecule has 0 radical (unpaired) electrons. The second-order valence-electron chi connectivity index (χ2n) is 4.21. The number of aromatic carboxylic acids is 1. The maximum Gasteiger partial charge on any atom is 0.365 e. The van der Waals surface area contributed by atoms with Gasteiger partial charge in [0.15, 0.2) is 0 Å². The van der Waals surface area contributed by atoms with E-state index in [4.69, 9.17) is 5.11 Å². The van der Waals surface area contributed by atoms with Crippen LogP contribution in [0.15, 0.2) is 28.5 Å². The largest absolute Gasteiger partial charge is 0.476 e. The molecule has 1 aromatic carbocycles. The molecule has 1 N–H and O–H groups in total. The average Bonchev–Trinajstić information content (AvgIpc) is 2.77. The highest BCUT2D eigenvalue weighted by atomic mass is 32.2. The summed E-state index contributed by atoms with van der Waals surface area (Å²) in [6.45, 7) is 3.91. The Morgan fingerprint density at radius 3 is 2.74 bits per heavy atom. The predicted molar refractivity (Wildman–Crippen MR) is 75.1 cm³/mol. The van der Waals surface area contributed by atoms with Crippen molar-refractivity contribution in [3.05, 3.63) is 45.4 Å². The van der Waals surface area contributed by atoms with Crippen LogP contribution in [-0.4, -0.2) is 20.3 Å².